The van der Waals surface area contributed by atoms with E-state index in [1.165, 1.54) is 5.56 Å². The number of amides is 1. The number of rotatable bonds is 6. The molecule has 1 amide bonds. The lowest BCUT2D eigenvalue weighted by molar-refractivity contribution is 0.0353. The van der Waals surface area contributed by atoms with E-state index in [1.54, 1.807) is 23.1 Å². The number of benzene rings is 2. The second kappa shape index (κ2) is 9.29. The average Bonchev–Trinajstić information content (AvgIpc) is 3.12. The monoisotopic (exact) mass is 466 g/mol. The minimum absolute atomic E-state index is 0.144. The molecule has 5 rings (SSSR count). The number of aryl methyl sites for hydroxylation is 1. The SMILES string of the molecule is CCc1ccc(C2c3c(oc4ccc(Cl)cc4c3=O)C(=O)N2CCCN2CCOCC2)cc1. The Bertz CT molecular complexity index is 1230. The number of halogens is 1. The van der Waals surface area contributed by atoms with E-state index in [0.717, 1.165) is 51.3 Å². The molecule has 0 aliphatic carbocycles. The van der Waals surface area contributed by atoms with Gasteiger partial charge in [0.25, 0.3) is 5.91 Å². The first-order valence-electron chi connectivity index (χ1n) is 11.5. The van der Waals surface area contributed by atoms with E-state index in [-0.39, 0.29) is 17.1 Å². The lowest BCUT2D eigenvalue weighted by Gasteiger charge is -2.29. The summed E-state index contributed by atoms with van der Waals surface area (Å²) >= 11 is 6.16. The molecule has 172 valence electrons. The van der Waals surface area contributed by atoms with Crippen LogP contribution >= 0.6 is 11.6 Å². The van der Waals surface area contributed by atoms with Gasteiger partial charge in [-0.1, -0.05) is 42.8 Å². The predicted octanol–water partition coefficient (Wildman–Crippen LogP) is 4.28. The van der Waals surface area contributed by atoms with E-state index in [0.29, 0.717) is 28.1 Å². The molecule has 2 aliphatic heterocycles. The van der Waals surface area contributed by atoms with Crippen LogP contribution in [0.15, 0.2) is 51.7 Å². The van der Waals surface area contributed by atoms with Crippen molar-refractivity contribution >= 4 is 28.5 Å². The van der Waals surface area contributed by atoms with E-state index >= 15 is 0 Å². The van der Waals surface area contributed by atoms with Crippen LogP contribution in [0, 0.1) is 0 Å². The van der Waals surface area contributed by atoms with Crippen molar-refractivity contribution in [3.63, 3.8) is 0 Å². The van der Waals surface area contributed by atoms with Crippen LogP contribution in [0.5, 0.6) is 0 Å². The van der Waals surface area contributed by atoms with Crippen LogP contribution in [0.3, 0.4) is 0 Å². The number of hydrogen-bond donors (Lipinski definition) is 0. The minimum atomic E-state index is -0.470. The summed E-state index contributed by atoms with van der Waals surface area (Å²) in [6.07, 6.45) is 1.73. The first-order valence-corrected chi connectivity index (χ1v) is 11.9. The normalized spacial score (nSPS) is 18.8. The summed E-state index contributed by atoms with van der Waals surface area (Å²) in [5, 5.41) is 0.865. The molecule has 33 heavy (non-hydrogen) atoms. The van der Waals surface area contributed by atoms with E-state index in [4.69, 9.17) is 20.8 Å². The highest BCUT2D eigenvalue weighted by Crippen LogP contribution is 2.38. The predicted molar refractivity (Wildman–Crippen MR) is 128 cm³/mol. The Morgan fingerprint density at radius 1 is 1.03 bits per heavy atom. The zero-order valence-electron chi connectivity index (χ0n) is 18.7. The Morgan fingerprint density at radius 2 is 1.79 bits per heavy atom. The standard InChI is InChI=1S/C26H27ClN2O4/c1-2-17-4-6-18(7-5-17)23-22-24(30)20-16-19(27)8-9-21(20)33-25(22)26(31)29(23)11-3-10-28-12-14-32-15-13-28/h4-9,16,23H,2-3,10-15H2,1H3. The van der Waals surface area contributed by atoms with E-state index in [2.05, 4.69) is 24.0 Å². The van der Waals surface area contributed by atoms with Crippen molar-refractivity contribution in [3.05, 3.63) is 80.2 Å². The lowest BCUT2D eigenvalue weighted by Crippen LogP contribution is -2.38. The molecule has 7 heteroatoms. The number of carbonyl (C=O) groups is 1. The summed E-state index contributed by atoms with van der Waals surface area (Å²) in [4.78, 5) is 31.2. The molecule has 0 N–H and O–H groups in total. The van der Waals surface area contributed by atoms with Crippen LogP contribution < -0.4 is 5.43 Å². The fourth-order valence-electron chi connectivity index (χ4n) is 4.79. The molecule has 1 fully saturated rings. The van der Waals surface area contributed by atoms with Crippen LogP contribution in [0.2, 0.25) is 5.02 Å². The largest absolute Gasteiger partial charge is 0.450 e. The Balaban J connectivity index is 1.53. The molecule has 0 spiro atoms. The third-order valence-corrected chi connectivity index (χ3v) is 6.84. The molecule has 6 nitrogen and oxygen atoms in total. The average molecular weight is 467 g/mol. The third kappa shape index (κ3) is 4.19. The summed E-state index contributed by atoms with van der Waals surface area (Å²) in [6.45, 7) is 6.82. The zero-order valence-corrected chi connectivity index (χ0v) is 19.4. The van der Waals surface area contributed by atoms with Gasteiger partial charge >= 0.3 is 0 Å². The maximum absolute atomic E-state index is 13.6. The molecule has 1 unspecified atom stereocenters. The molecule has 0 bridgehead atoms. The van der Waals surface area contributed by atoms with Gasteiger partial charge in [0, 0.05) is 31.2 Å². The smallest absolute Gasteiger partial charge is 0.290 e. The third-order valence-electron chi connectivity index (χ3n) is 6.61. The molecule has 1 atom stereocenters. The van der Waals surface area contributed by atoms with Gasteiger partial charge in [-0.3, -0.25) is 14.5 Å². The van der Waals surface area contributed by atoms with Gasteiger partial charge < -0.3 is 14.1 Å². The van der Waals surface area contributed by atoms with Gasteiger partial charge in [0.15, 0.2) is 5.43 Å². The second-order valence-electron chi connectivity index (χ2n) is 8.62. The highest BCUT2D eigenvalue weighted by Gasteiger charge is 2.42. The molecule has 0 radical (unpaired) electrons. The highest BCUT2D eigenvalue weighted by molar-refractivity contribution is 6.31. The molecule has 1 saturated heterocycles. The minimum Gasteiger partial charge on any atom is -0.450 e. The Hall–Kier alpha value is -2.67. The maximum Gasteiger partial charge on any atom is 0.290 e. The summed E-state index contributed by atoms with van der Waals surface area (Å²) in [6, 6.07) is 12.6. The quantitative estimate of drug-likeness (QED) is 0.542. The van der Waals surface area contributed by atoms with Crippen molar-refractivity contribution < 1.29 is 13.9 Å². The Labute approximate surface area is 197 Å². The zero-order chi connectivity index (χ0) is 22.9. The van der Waals surface area contributed by atoms with Crippen LogP contribution in [-0.2, 0) is 11.2 Å². The number of ether oxygens (including phenoxy) is 1. The number of carbonyl (C=O) groups excluding carboxylic acids is 1. The summed E-state index contributed by atoms with van der Waals surface area (Å²) in [5.74, 6) is -0.0868. The molecule has 3 heterocycles. The van der Waals surface area contributed by atoms with E-state index in [1.807, 2.05) is 12.1 Å². The topological polar surface area (TPSA) is 63.0 Å². The van der Waals surface area contributed by atoms with Crippen molar-refractivity contribution in [2.24, 2.45) is 0 Å². The van der Waals surface area contributed by atoms with Gasteiger partial charge in [0.1, 0.15) is 5.58 Å². The lowest BCUT2D eigenvalue weighted by atomic mass is 9.97. The van der Waals surface area contributed by atoms with Crippen molar-refractivity contribution in [1.29, 1.82) is 0 Å². The molecular weight excluding hydrogens is 440 g/mol. The molecule has 3 aromatic rings. The van der Waals surface area contributed by atoms with Gasteiger partial charge in [-0.05, 0) is 42.2 Å². The molecule has 0 saturated carbocycles. The number of nitrogens with zero attached hydrogens (tertiary/aromatic N) is 2. The maximum atomic E-state index is 13.6. The van der Waals surface area contributed by atoms with Crippen molar-refractivity contribution in [3.8, 4) is 0 Å². The van der Waals surface area contributed by atoms with Crippen molar-refractivity contribution in [2.45, 2.75) is 25.8 Å². The second-order valence-corrected chi connectivity index (χ2v) is 9.05. The summed E-state index contributed by atoms with van der Waals surface area (Å²) in [5.41, 5.74) is 2.72. The first kappa shape index (κ1) is 22.1. The van der Waals surface area contributed by atoms with Gasteiger partial charge in [-0.15, -0.1) is 0 Å². The van der Waals surface area contributed by atoms with Gasteiger partial charge in [-0.2, -0.15) is 0 Å². The van der Waals surface area contributed by atoms with Crippen LogP contribution in [0.4, 0.5) is 0 Å². The number of hydrogen-bond acceptors (Lipinski definition) is 5. The van der Waals surface area contributed by atoms with Crippen LogP contribution in [-0.4, -0.2) is 55.1 Å². The van der Waals surface area contributed by atoms with Crippen LogP contribution in [0.1, 0.15) is 46.6 Å². The first-order chi connectivity index (χ1) is 16.1. The van der Waals surface area contributed by atoms with Crippen molar-refractivity contribution in [1.82, 2.24) is 9.80 Å². The highest BCUT2D eigenvalue weighted by atomic mass is 35.5. The Morgan fingerprint density at radius 3 is 2.52 bits per heavy atom. The number of morpholine rings is 1. The van der Waals surface area contributed by atoms with Gasteiger partial charge in [0.05, 0.1) is 30.2 Å². The fourth-order valence-corrected chi connectivity index (χ4v) is 4.97. The molecular formula is C26H27ClN2O4. The van der Waals surface area contributed by atoms with Crippen molar-refractivity contribution in [2.75, 3.05) is 39.4 Å². The van der Waals surface area contributed by atoms with Crippen LogP contribution in [0.25, 0.3) is 11.0 Å². The number of fused-ring (bicyclic) bond motifs is 2. The van der Waals surface area contributed by atoms with Gasteiger partial charge in [0.2, 0.25) is 5.76 Å². The Kier molecular flexibility index (Phi) is 6.23. The summed E-state index contributed by atoms with van der Waals surface area (Å²) < 4.78 is 11.4. The van der Waals surface area contributed by atoms with E-state index in [9.17, 15) is 9.59 Å². The summed E-state index contributed by atoms with van der Waals surface area (Å²) in [7, 11) is 0. The molecule has 2 aliphatic rings. The van der Waals surface area contributed by atoms with Gasteiger partial charge in [-0.25, -0.2) is 0 Å². The fraction of sp³-hybridized carbons (Fsp3) is 0.385. The molecule has 2 aromatic carbocycles. The van der Waals surface area contributed by atoms with E-state index < -0.39 is 6.04 Å². The molecule has 1 aromatic heterocycles.